The molecule has 5 N–H and O–H groups in total. The van der Waals surface area contributed by atoms with E-state index in [-0.39, 0.29) is 46.6 Å². The van der Waals surface area contributed by atoms with E-state index < -0.39 is 19.5 Å². The minimum absolute atomic E-state index is 0.0517. The largest absolute Gasteiger partial charge is 0.366 e. The number of hydrogen-bond donors (Lipinski definition) is 4. The van der Waals surface area contributed by atoms with Gasteiger partial charge in [0.2, 0.25) is 11.8 Å². The average molecular weight is 511 g/mol. The Kier molecular flexibility index (Phi) is 5.94. The van der Waals surface area contributed by atoms with Gasteiger partial charge in [0.25, 0.3) is 5.91 Å². The van der Waals surface area contributed by atoms with Crippen LogP contribution in [0, 0.1) is 12.8 Å². The number of primary amides is 1. The number of nitrogens with one attached hydrogen (secondary N) is 1. The minimum atomic E-state index is -4.55. The molecular weight excluding hydrogens is 485 g/mol. The lowest BCUT2D eigenvalue weighted by Crippen LogP contribution is -2.51. The lowest BCUT2D eigenvalue weighted by atomic mass is 9.97. The van der Waals surface area contributed by atoms with Gasteiger partial charge in [-0.25, -0.2) is 4.98 Å². The SMILES string of the molecule is Cc1cccc(NC(=O)[C@@H]2C3CCC(C3)N2C(=O)Cn2cc(C(N)=O)c3cc(P(=O)(O)O)ccc32)n1. The van der Waals surface area contributed by atoms with Crippen molar-refractivity contribution in [3.05, 3.63) is 53.9 Å². The molecule has 2 aromatic heterocycles. The number of benzene rings is 1. The summed E-state index contributed by atoms with van der Waals surface area (Å²) >= 11 is 0. The highest BCUT2D eigenvalue weighted by molar-refractivity contribution is 7.60. The Morgan fingerprint density at radius 3 is 2.67 bits per heavy atom. The lowest BCUT2D eigenvalue weighted by molar-refractivity contribution is -0.141. The number of rotatable bonds is 6. The van der Waals surface area contributed by atoms with Crippen molar-refractivity contribution >= 4 is 47.3 Å². The molecule has 188 valence electrons. The summed E-state index contributed by atoms with van der Waals surface area (Å²) < 4.78 is 13.2. The van der Waals surface area contributed by atoms with Gasteiger partial charge in [0.05, 0.1) is 10.9 Å². The maximum atomic E-state index is 13.5. The molecule has 36 heavy (non-hydrogen) atoms. The van der Waals surface area contributed by atoms with E-state index in [0.29, 0.717) is 11.3 Å². The summed E-state index contributed by atoms with van der Waals surface area (Å²) in [6, 6.07) is 8.58. The highest BCUT2D eigenvalue weighted by Gasteiger charge is 2.51. The van der Waals surface area contributed by atoms with E-state index in [2.05, 4.69) is 10.3 Å². The van der Waals surface area contributed by atoms with Crippen LogP contribution in [0.3, 0.4) is 0 Å². The highest BCUT2D eigenvalue weighted by atomic mass is 31.2. The zero-order valence-electron chi connectivity index (χ0n) is 19.5. The number of aryl methyl sites for hydroxylation is 1. The highest BCUT2D eigenvalue weighted by Crippen LogP contribution is 2.43. The van der Waals surface area contributed by atoms with Crippen LogP contribution >= 0.6 is 7.60 Å². The van der Waals surface area contributed by atoms with Crippen molar-refractivity contribution in [3.63, 3.8) is 0 Å². The fourth-order valence-electron chi connectivity index (χ4n) is 5.52. The predicted octanol–water partition coefficient (Wildman–Crippen LogP) is 1.26. The van der Waals surface area contributed by atoms with E-state index in [1.165, 1.54) is 29.0 Å². The fourth-order valence-corrected chi connectivity index (χ4v) is 6.08. The van der Waals surface area contributed by atoms with Crippen LogP contribution in [0.25, 0.3) is 10.9 Å². The molecule has 2 aliphatic rings. The molecule has 1 saturated carbocycles. The second kappa shape index (κ2) is 8.85. The summed E-state index contributed by atoms with van der Waals surface area (Å²) in [7, 11) is -4.55. The first-order chi connectivity index (χ1) is 17.0. The van der Waals surface area contributed by atoms with E-state index in [1.807, 2.05) is 13.0 Å². The number of nitrogens with two attached hydrogens (primary N) is 1. The summed E-state index contributed by atoms with van der Waals surface area (Å²) in [5.74, 6) is -0.866. The maximum Gasteiger partial charge on any atom is 0.356 e. The van der Waals surface area contributed by atoms with Crippen molar-refractivity contribution in [3.8, 4) is 0 Å². The number of aromatic nitrogens is 2. The number of hydrogen-bond acceptors (Lipinski definition) is 5. The Morgan fingerprint density at radius 2 is 1.97 bits per heavy atom. The quantitative estimate of drug-likeness (QED) is 0.361. The number of carbonyl (C=O) groups excluding carboxylic acids is 3. The molecule has 1 saturated heterocycles. The monoisotopic (exact) mass is 511 g/mol. The molecule has 3 amide bonds. The fraction of sp³-hybridized carbons (Fsp3) is 0.333. The van der Waals surface area contributed by atoms with Crippen LogP contribution in [0.4, 0.5) is 5.82 Å². The average Bonchev–Trinajstić information content (AvgIpc) is 3.51. The molecule has 5 rings (SSSR count). The first-order valence-electron chi connectivity index (χ1n) is 11.6. The lowest BCUT2D eigenvalue weighted by Gasteiger charge is -2.34. The van der Waals surface area contributed by atoms with Gasteiger partial charge in [-0.05, 0) is 62.4 Å². The number of anilines is 1. The van der Waals surface area contributed by atoms with Gasteiger partial charge in [-0.2, -0.15) is 0 Å². The third kappa shape index (κ3) is 4.30. The molecule has 2 unspecified atom stereocenters. The van der Waals surface area contributed by atoms with Crippen LogP contribution < -0.4 is 16.4 Å². The third-order valence-corrected chi connectivity index (χ3v) is 8.00. The van der Waals surface area contributed by atoms with Crippen molar-refractivity contribution < 1.29 is 28.7 Å². The number of nitrogens with zero attached hydrogens (tertiary/aromatic N) is 3. The van der Waals surface area contributed by atoms with Crippen molar-refractivity contribution in [1.82, 2.24) is 14.5 Å². The summed E-state index contributed by atoms with van der Waals surface area (Å²) in [6.45, 7) is 1.67. The van der Waals surface area contributed by atoms with Crippen LogP contribution in [0.5, 0.6) is 0 Å². The molecular formula is C24H26N5O6P. The van der Waals surface area contributed by atoms with Crippen molar-refractivity contribution in [2.45, 2.75) is 44.8 Å². The zero-order valence-corrected chi connectivity index (χ0v) is 20.4. The van der Waals surface area contributed by atoms with Gasteiger partial charge in [-0.15, -0.1) is 0 Å². The Morgan fingerprint density at radius 1 is 1.19 bits per heavy atom. The first-order valence-corrected chi connectivity index (χ1v) is 13.2. The molecule has 3 heterocycles. The smallest absolute Gasteiger partial charge is 0.356 e. The van der Waals surface area contributed by atoms with Crippen LogP contribution in [0.15, 0.2) is 42.6 Å². The first kappa shape index (κ1) is 24.2. The second-order valence-corrected chi connectivity index (χ2v) is 11.0. The molecule has 1 aromatic carbocycles. The van der Waals surface area contributed by atoms with Gasteiger partial charge < -0.3 is 30.3 Å². The van der Waals surface area contributed by atoms with Gasteiger partial charge >= 0.3 is 7.60 Å². The standard InChI is InChI=1S/C24H26N5O6P/c1-13-3-2-4-20(26-13)27-24(32)22-14-5-6-15(9-14)29(22)21(30)12-28-11-18(23(25)31)17-10-16(36(33,34)35)7-8-19(17)28/h2-4,7-8,10-11,14-15,22H,5-6,9,12H2,1H3,(H2,25,31)(H,26,27,32)(H2,33,34,35)/t14?,15?,22-/m0/s1. The number of piperidine rings is 1. The number of pyridine rings is 1. The molecule has 2 fully saturated rings. The molecule has 12 heteroatoms. The van der Waals surface area contributed by atoms with E-state index in [4.69, 9.17) is 5.73 Å². The summed E-state index contributed by atoms with van der Waals surface area (Å²) in [4.78, 5) is 63.8. The normalized spacial score (nSPS) is 21.2. The minimum Gasteiger partial charge on any atom is -0.366 e. The second-order valence-electron chi connectivity index (χ2n) is 9.41. The number of carbonyl (C=O) groups is 3. The number of amides is 3. The maximum absolute atomic E-state index is 13.5. The van der Waals surface area contributed by atoms with Crippen LogP contribution in [0.2, 0.25) is 0 Å². The number of likely N-dealkylation sites (tertiary alicyclic amines) is 1. The molecule has 0 spiro atoms. The van der Waals surface area contributed by atoms with Gasteiger partial charge in [-0.3, -0.25) is 18.9 Å². The topological polar surface area (TPSA) is 168 Å². The van der Waals surface area contributed by atoms with Crippen LogP contribution in [0.1, 0.15) is 35.3 Å². The van der Waals surface area contributed by atoms with Crippen LogP contribution in [-0.2, 0) is 20.7 Å². The van der Waals surface area contributed by atoms with Gasteiger partial charge in [-0.1, -0.05) is 6.07 Å². The number of fused-ring (bicyclic) bond motifs is 3. The van der Waals surface area contributed by atoms with Gasteiger partial charge in [0.15, 0.2) is 0 Å². The van der Waals surface area contributed by atoms with Gasteiger partial charge in [0, 0.05) is 28.8 Å². The molecule has 11 nitrogen and oxygen atoms in total. The Hall–Kier alpha value is -3.53. The third-order valence-electron chi connectivity index (χ3n) is 7.05. The molecule has 3 aromatic rings. The van der Waals surface area contributed by atoms with Crippen LogP contribution in [-0.4, -0.2) is 54.0 Å². The van der Waals surface area contributed by atoms with Crippen molar-refractivity contribution in [2.24, 2.45) is 11.7 Å². The zero-order chi connectivity index (χ0) is 25.8. The molecule has 3 atom stereocenters. The van der Waals surface area contributed by atoms with Crippen molar-refractivity contribution in [2.75, 3.05) is 5.32 Å². The Balaban J connectivity index is 1.44. The van der Waals surface area contributed by atoms with E-state index >= 15 is 0 Å². The predicted molar refractivity (Wildman–Crippen MR) is 132 cm³/mol. The van der Waals surface area contributed by atoms with Crippen molar-refractivity contribution in [1.29, 1.82) is 0 Å². The molecule has 1 aliphatic carbocycles. The Labute approximate surface area is 206 Å². The molecule has 0 radical (unpaired) electrons. The summed E-state index contributed by atoms with van der Waals surface area (Å²) in [5, 5.41) is 2.84. The molecule has 1 aliphatic heterocycles. The van der Waals surface area contributed by atoms with Gasteiger partial charge in [0.1, 0.15) is 18.4 Å². The van der Waals surface area contributed by atoms with E-state index in [1.54, 1.807) is 17.0 Å². The Bertz CT molecular complexity index is 1450. The summed E-state index contributed by atoms with van der Waals surface area (Å²) in [5.41, 5.74) is 6.75. The van der Waals surface area contributed by atoms with E-state index in [9.17, 15) is 28.7 Å². The summed E-state index contributed by atoms with van der Waals surface area (Å²) in [6.07, 6.45) is 3.83. The molecule has 2 bridgehead atoms. The van der Waals surface area contributed by atoms with E-state index in [0.717, 1.165) is 25.0 Å².